The zero-order chi connectivity index (χ0) is 12.3. The molecule has 92 valence electrons. The van der Waals surface area contributed by atoms with Gasteiger partial charge in [-0.05, 0) is 32.3 Å². The quantitative estimate of drug-likeness (QED) is 0.797. The maximum Gasteiger partial charge on any atom is 0.146 e. The second-order valence-electron chi connectivity index (χ2n) is 5.51. The second-order valence-corrected chi connectivity index (χ2v) is 5.51. The van der Waals surface area contributed by atoms with Crippen LogP contribution in [0.4, 0.5) is 0 Å². The Kier molecular flexibility index (Phi) is 3.63. The highest BCUT2D eigenvalue weighted by Crippen LogP contribution is 2.25. The van der Waals surface area contributed by atoms with E-state index in [2.05, 4.69) is 43.0 Å². The van der Waals surface area contributed by atoms with Gasteiger partial charge in [-0.15, -0.1) is 0 Å². The second kappa shape index (κ2) is 5.01. The fourth-order valence-electron chi connectivity index (χ4n) is 2.40. The molecule has 0 radical (unpaired) electrons. The Morgan fingerprint density at radius 3 is 2.65 bits per heavy atom. The first-order valence-electron chi connectivity index (χ1n) is 6.39. The molecule has 0 N–H and O–H groups in total. The van der Waals surface area contributed by atoms with Crippen molar-refractivity contribution >= 4 is 5.78 Å². The van der Waals surface area contributed by atoms with Gasteiger partial charge in [-0.25, -0.2) is 0 Å². The van der Waals surface area contributed by atoms with Crippen molar-refractivity contribution in [2.75, 3.05) is 13.1 Å². The third kappa shape index (κ3) is 3.16. The van der Waals surface area contributed by atoms with Crippen LogP contribution in [0, 0.1) is 0 Å². The van der Waals surface area contributed by atoms with E-state index in [1.165, 1.54) is 5.56 Å². The van der Waals surface area contributed by atoms with E-state index in [-0.39, 0.29) is 5.54 Å². The Morgan fingerprint density at radius 1 is 1.24 bits per heavy atom. The minimum absolute atomic E-state index is 0.169. The molecule has 1 fully saturated rings. The number of likely N-dealkylation sites (tertiary alicyclic amines) is 1. The van der Waals surface area contributed by atoms with Crippen LogP contribution in [0.15, 0.2) is 30.3 Å². The summed E-state index contributed by atoms with van der Waals surface area (Å²) in [5, 5.41) is 0. The van der Waals surface area contributed by atoms with Crippen LogP contribution in [-0.2, 0) is 11.2 Å². The van der Waals surface area contributed by atoms with Crippen LogP contribution in [0.2, 0.25) is 0 Å². The topological polar surface area (TPSA) is 20.3 Å². The maximum atomic E-state index is 11.5. The number of benzene rings is 1. The van der Waals surface area contributed by atoms with Crippen LogP contribution in [0.25, 0.3) is 0 Å². The van der Waals surface area contributed by atoms with Crippen molar-refractivity contribution in [3.05, 3.63) is 35.9 Å². The minimum atomic E-state index is 0.169. The van der Waals surface area contributed by atoms with Crippen LogP contribution >= 0.6 is 0 Å². The van der Waals surface area contributed by atoms with Gasteiger partial charge in [0.25, 0.3) is 0 Å². The third-order valence-corrected chi connectivity index (χ3v) is 3.75. The number of rotatable bonds is 3. The summed E-state index contributed by atoms with van der Waals surface area (Å²) < 4.78 is 0. The molecule has 2 heteroatoms. The standard InChI is InChI=1S/C15H21NO/c1-15(2)10-8-14(17)12-16(15)11-9-13-6-4-3-5-7-13/h3-7H,8-12H2,1-2H3. The number of hydrogen-bond acceptors (Lipinski definition) is 2. The van der Waals surface area contributed by atoms with Crippen LogP contribution in [-0.4, -0.2) is 29.3 Å². The van der Waals surface area contributed by atoms with E-state index in [4.69, 9.17) is 0 Å². The SMILES string of the molecule is CC1(C)CCC(=O)CN1CCc1ccccc1. The molecule has 0 unspecified atom stereocenters. The highest BCUT2D eigenvalue weighted by molar-refractivity contribution is 5.81. The Labute approximate surface area is 104 Å². The average Bonchev–Trinajstić information content (AvgIpc) is 2.32. The number of hydrogen-bond donors (Lipinski definition) is 0. The number of Topliss-reactive ketones (excluding diaryl/α,β-unsaturated/α-hetero) is 1. The van der Waals surface area contributed by atoms with Crippen molar-refractivity contribution < 1.29 is 4.79 Å². The first-order valence-corrected chi connectivity index (χ1v) is 6.39. The van der Waals surface area contributed by atoms with Crippen molar-refractivity contribution in [1.29, 1.82) is 0 Å². The predicted octanol–water partition coefficient (Wildman–Crippen LogP) is 2.67. The first kappa shape index (κ1) is 12.3. The fraction of sp³-hybridized carbons (Fsp3) is 0.533. The molecule has 0 atom stereocenters. The predicted molar refractivity (Wildman–Crippen MR) is 70.0 cm³/mol. The van der Waals surface area contributed by atoms with Gasteiger partial charge < -0.3 is 0 Å². The molecule has 0 spiro atoms. The molecule has 1 aliphatic rings. The van der Waals surface area contributed by atoms with Gasteiger partial charge in [0, 0.05) is 18.5 Å². The largest absolute Gasteiger partial charge is 0.298 e. The van der Waals surface area contributed by atoms with E-state index in [1.807, 2.05) is 6.07 Å². The van der Waals surface area contributed by atoms with E-state index in [0.29, 0.717) is 12.3 Å². The van der Waals surface area contributed by atoms with Crippen molar-refractivity contribution in [3.63, 3.8) is 0 Å². The molecule has 2 rings (SSSR count). The van der Waals surface area contributed by atoms with E-state index in [0.717, 1.165) is 25.8 Å². The molecule has 1 aliphatic heterocycles. The van der Waals surface area contributed by atoms with Gasteiger partial charge in [0.2, 0.25) is 0 Å². The van der Waals surface area contributed by atoms with Crippen LogP contribution < -0.4 is 0 Å². The summed E-state index contributed by atoms with van der Waals surface area (Å²) in [7, 11) is 0. The lowest BCUT2D eigenvalue weighted by atomic mass is 9.89. The lowest BCUT2D eigenvalue weighted by Crippen LogP contribution is -2.51. The molecular formula is C15H21NO. The Morgan fingerprint density at radius 2 is 1.94 bits per heavy atom. The molecule has 17 heavy (non-hydrogen) atoms. The molecule has 1 aromatic rings. The summed E-state index contributed by atoms with van der Waals surface area (Å²) in [4.78, 5) is 13.9. The minimum Gasteiger partial charge on any atom is -0.298 e. The maximum absolute atomic E-state index is 11.5. The first-order chi connectivity index (χ1) is 8.08. The number of carbonyl (C=O) groups excluding carboxylic acids is 1. The monoisotopic (exact) mass is 231 g/mol. The van der Waals surface area contributed by atoms with E-state index in [1.54, 1.807) is 0 Å². The van der Waals surface area contributed by atoms with Gasteiger partial charge in [-0.2, -0.15) is 0 Å². The normalized spacial score (nSPS) is 20.5. The number of carbonyl (C=O) groups is 1. The summed E-state index contributed by atoms with van der Waals surface area (Å²) in [6, 6.07) is 10.5. The summed E-state index contributed by atoms with van der Waals surface area (Å²) >= 11 is 0. The van der Waals surface area contributed by atoms with E-state index < -0.39 is 0 Å². The van der Waals surface area contributed by atoms with Gasteiger partial charge in [-0.1, -0.05) is 30.3 Å². The summed E-state index contributed by atoms with van der Waals surface area (Å²) in [6.07, 6.45) is 2.76. The van der Waals surface area contributed by atoms with Crippen molar-refractivity contribution in [3.8, 4) is 0 Å². The average molecular weight is 231 g/mol. The highest BCUT2D eigenvalue weighted by atomic mass is 16.1. The summed E-state index contributed by atoms with van der Waals surface area (Å²) in [6.45, 7) is 6.08. The summed E-state index contributed by atoms with van der Waals surface area (Å²) in [5.41, 5.74) is 1.52. The number of piperidine rings is 1. The highest BCUT2D eigenvalue weighted by Gasteiger charge is 2.32. The Bertz CT molecular complexity index is 383. The summed E-state index contributed by atoms with van der Waals surface area (Å²) in [5.74, 6) is 0.386. The third-order valence-electron chi connectivity index (χ3n) is 3.75. The van der Waals surface area contributed by atoms with Crippen LogP contribution in [0.3, 0.4) is 0 Å². The molecule has 1 aromatic carbocycles. The molecule has 0 aromatic heterocycles. The molecule has 0 amide bonds. The van der Waals surface area contributed by atoms with Gasteiger partial charge in [0.1, 0.15) is 5.78 Å². The van der Waals surface area contributed by atoms with Gasteiger partial charge in [-0.3, -0.25) is 9.69 Å². The van der Waals surface area contributed by atoms with E-state index in [9.17, 15) is 4.79 Å². The van der Waals surface area contributed by atoms with Gasteiger partial charge in [0.15, 0.2) is 0 Å². The van der Waals surface area contributed by atoms with Gasteiger partial charge in [0.05, 0.1) is 6.54 Å². The lowest BCUT2D eigenvalue weighted by molar-refractivity contribution is -0.125. The zero-order valence-electron chi connectivity index (χ0n) is 10.8. The number of nitrogens with zero attached hydrogens (tertiary/aromatic N) is 1. The van der Waals surface area contributed by atoms with Crippen molar-refractivity contribution in [2.45, 2.75) is 38.6 Å². The van der Waals surface area contributed by atoms with Crippen LogP contribution in [0.5, 0.6) is 0 Å². The molecule has 0 aliphatic carbocycles. The molecule has 2 nitrogen and oxygen atoms in total. The molecule has 0 bridgehead atoms. The van der Waals surface area contributed by atoms with E-state index >= 15 is 0 Å². The zero-order valence-corrected chi connectivity index (χ0v) is 10.8. The Balaban J connectivity index is 1.95. The molecule has 0 saturated carbocycles. The molecule has 1 heterocycles. The molecular weight excluding hydrogens is 210 g/mol. The van der Waals surface area contributed by atoms with Crippen molar-refractivity contribution in [2.24, 2.45) is 0 Å². The van der Waals surface area contributed by atoms with Crippen LogP contribution in [0.1, 0.15) is 32.3 Å². The van der Waals surface area contributed by atoms with Crippen molar-refractivity contribution in [1.82, 2.24) is 4.90 Å². The van der Waals surface area contributed by atoms with Gasteiger partial charge >= 0.3 is 0 Å². The smallest absolute Gasteiger partial charge is 0.146 e. The lowest BCUT2D eigenvalue weighted by Gasteiger charge is -2.41. The fourth-order valence-corrected chi connectivity index (χ4v) is 2.40. The molecule has 1 saturated heterocycles. The number of ketones is 1. The Hall–Kier alpha value is -1.15.